The van der Waals surface area contributed by atoms with Crippen molar-refractivity contribution < 1.29 is 4.52 Å². The van der Waals surface area contributed by atoms with Crippen LogP contribution in [0.15, 0.2) is 33.3 Å². The van der Waals surface area contributed by atoms with Crippen LogP contribution >= 0.6 is 15.9 Å². The zero-order chi connectivity index (χ0) is 13.6. The Hall–Kier alpha value is -1.67. The lowest BCUT2D eigenvalue weighted by atomic mass is 10.1. The first-order chi connectivity index (χ1) is 9.04. The summed E-state index contributed by atoms with van der Waals surface area (Å²) < 4.78 is 6.32. The molecule has 1 heterocycles. The van der Waals surface area contributed by atoms with Gasteiger partial charge in [-0.1, -0.05) is 34.9 Å². The molecule has 0 N–H and O–H groups in total. The highest BCUT2D eigenvalue weighted by molar-refractivity contribution is 9.10. The van der Waals surface area contributed by atoms with Crippen LogP contribution in [0.4, 0.5) is 0 Å². The third kappa shape index (κ3) is 1.96. The lowest BCUT2D eigenvalue weighted by molar-refractivity contribution is 0.368. The summed E-state index contributed by atoms with van der Waals surface area (Å²) in [6.45, 7) is 4.10. The Morgan fingerprint density at radius 1 is 1.32 bits per heavy atom. The second-order valence-electron chi connectivity index (χ2n) is 5.37. The van der Waals surface area contributed by atoms with E-state index in [1.807, 2.05) is 24.3 Å². The van der Waals surface area contributed by atoms with Crippen molar-refractivity contribution in [2.24, 2.45) is 11.3 Å². The van der Waals surface area contributed by atoms with Gasteiger partial charge < -0.3 is 4.52 Å². The number of aromatic nitrogens is 2. The van der Waals surface area contributed by atoms with Crippen LogP contribution in [0.3, 0.4) is 0 Å². The molecule has 1 aromatic heterocycles. The van der Waals surface area contributed by atoms with E-state index < -0.39 is 0 Å². The molecule has 1 aliphatic carbocycles. The van der Waals surface area contributed by atoms with Gasteiger partial charge in [0.25, 0.3) is 0 Å². The SMILES string of the molecule is CC1(C)C(C#N)C1c1nc(-c2ccc(Br)cc2)no1. The summed E-state index contributed by atoms with van der Waals surface area (Å²) >= 11 is 3.39. The average molecular weight is 318 g/mol. The summed E-state index contributed by atoms with van der Waals surface area (Å²) in [7, 11) is 0. The zero-order valence-electron chi connectivity index (χ0n) is 10.6. The second-order valence-corrected chi connectivity index (χ2v) is 6.28. The quantitative estimate of drug-likeness (QED) is 0.846. The van der Waals surface area contributed by atoms with Gasteiger partial charge in [0, 0.05) is 10.0 Å². The lowest BCUT2D eigenvalue weighted by Crippen LogP contribution is -1.90. The highest BCUT2D eigenvalue weighted by Crippen LogP contribution is 2.63. The predicted molar refractivity (Wildman–Crippen MR) is 73.1 cm³/mol. The van der Waals surface area contributed by atoms with Crippen molar-refractivity contribution in [1.82, 2.24) is 10.1 Å². The van der Waals surface area contributed by atoms with Crippen LogP contribution in [-0.4, -0.2) is 10.1 Å². The minimum atomic E-state index is -0.0712. The van der Waals surface area contributed by atoms with Crippen molar-refractivity contribution in [3.63, 3.8) is 0 Å². The Bertz CT molecular complexity index is 654. The Balaban J connectivity index is 1.89. The maximum absolute atomic E-state index is 9.08. The third-order valence-corrected chi connectivity index (χ3v) is 4.31. The molecule has 2 atom stereocenters. The van der Waals surface area contributed by atoms with Gasteiger partial charge in [0.05, 0.1) is 17.9 Å². The molecule has 4 nitrogen and oxygen atoms in total. The molecule has 3 rings (SSSR count). The van der Waals surface area contributed by atoms with Crippen LogP contribution in [0, 0.1) is 22.7 Å². The molecule has 1 aliphatic rings. The molecule has 1 aromatic carbocycles. The van der Waals surface area contributed by atoms with Gasteiger partial charge in [-0.05, 0) is 29.7 Å². The first-order valence-electron chi connectivity index (χ1n) is 6.03. The fraction of sp³-hybridized carbons (Fsp3) is 0.357. The minimum Gasteiger partial charge on any atom is -0.339 e. The van der Waals surface area contributed by atoms with E-state index >= 15 is 0 Å². The molecule has 1 saturated carbocycles. The maximum Gasteiger partial charge on any atom is 0.232 e. The van der Waals surface area contributed by atoms with Gasteiger partial charge in [-0.15, -0.1) is 0 Å². The molecule has 1 fully saturated rings. The number of nitrogens with zero attached hydrogens (tertiary/aromatic N) is 3. The molecule has 0 saturated heterocycles. The Morgan fingerprint density at radius 3 is 2.58 bits per heavy atom. The van der Waals surface area contributed by atoms with E-state index in [1.165, 1.54) is 0 Å². The molecule has 0 bridgehead atoms. The zero-order valence-corrected chi connectivity index (χ0v) is 12.2. The third-order valence-electron chi connectivity index (χ3n) is 3.78. The molecule has 0 aliphatic heterocycles. The number of hydrogen-bond donors (Lipinski definition) is 0. The second kappa shape index (κ2) is 4.17. The molecular weight excluding hydrogens is 306 g/mol. The maximum atomic E-state index is 9.08. The number of hydrogen-bond acceptors (Lipinski definition) is 4. The number of benzene rings is 1. The van der Waals surface area contributed by atoms with Crippen LogP contribution < -0.4 is 0 Å². The van der Waals surface area contributed by atoms with Crippen molar-refractivity contribution in [3.05, 3.63) is 34.6 Å². The predicted octanol–water partition coefficient (Wildman–Crippen LogP) is 3.76. The normalized spacial score (nSPS) is 23.9. The average Bonchev–Trinajstić information content (AvgIpc) is 2.76. The summed E-state index contributed by atoms with van der Waals surface area (Å²) in [6.07, 6.45) is 0. The fourth-order valence-corrected chi connectivity index (χ4v) is 2.68. The molecule has 0 amide bonds. The number of halogens is 1. The van der Waals surface area contributed by atoms with E-state index in [2.05, 4.69) is 46.0 Å². The van der Waals surface area contributed by atoms with Crippen molar-refractivity contribution in [1.29, 1.82) is 5.26 Å². The van der Waals surface area contributed by atoms with Gasteiger partial charge >= 0.3 is 0 Å². The van der Waals surface area contributed by atoms with Crippen LogP contribution in [0.1, 0.15) is 25.7 Å². The van der Waals surface area contributed by atoms with Gasteiger partial charge in [-0.3, -0.25) is 0 Å². The Labute approximate surface area is 119 Å². The van der Waals surface area contributed by atoms with Crippen molar-refractivity contribution >= 4 is 15.9 Å². The first-order valence-corrected chi connectivity index (χ1v) is 6.82. The van der Waals surface area contributed by atoms with Crippen molar-refractivity contribution in [2.45, 2.75) is 19.8 Å². The summed E-state index contributed by atoms with van der Waals surface area (Å²) in [5, 5.41) is 13.1. The number of rotatable bonds is 2. The molecule has 2 aromatic rings. The van der Waals surface area contributed by atoms with Gasteiger partial charge in [0.1, 0.15) is 0 Å². The summed E-state index contributed by atoms with van der Waals surface area (Å²) in [6, 6.07) is 10.0. The molecule has 0 spiro atoms. The van der Waals surface area contributed by atoms with Gasteiger partial charge in [-0.2, -0.15) is 10.2 Å². The fourth-order valence-electron chi connectivity index (χ4n) is 2.42. The molecule has 19 heavy (non-hydrogen) atoms. The molecular formula is C14H12BrN3O. The standard InChI is InChI=1S/C14H12BrN3O/c1-14(2)10(7-16)11(14)13-17-12(18-19-13)8-3-5-9(15)6-4-8/h3-6,10-11H,1-2H3. The largest absolute Gasteiger partial charge is 0.339 e. The number of nitriles is 1. The van der Waals surface area contributed by atoms with E-state index in [1.54, 1.807) is 0 Å². The minimum absolute atomic E-state index is 0.0364. The van der Waals surface area contributed by atoms with Crippen LogP contribution in [-0.2, 0) is 0 Å². The Morgan fingerprint density at radius 2 is 2.00 bits per heavy atom. The Kier molecular flexibility index (Phi) is 2.72. The molecule has 96 valence electrons. The lowest BCUT2D eigenvalue weighted by Gasteiger charge is -1.95. The summed E-state index contributed by atoms with van der Waals surface area (Å²) in [5.74, 6) is 1.15. The highest BCUT2D eigenvalue weighted by Gasteiger charge is 2.62. The molecule has 5 heteroatoms. The van der Waals surface area contributed by atoms with Gasteiger partial charge in [0.15, 0.2) is 0 Å². The first kappa shape index (κ1) is 12.4. The van der Waals surface area contributed by atoms with E-state index in [-0.39, 0.29) is 17.3 Å². The van der Waals surface area contributed by atoms with E-state index in [0.717, 1.165) is 10.0 Å². The monoisotopic (exact) mass is 317 g/mol. The molecule has 0 radical (unpaired) electrons. The smallest absolute Gasteiger partial charge is 0.232 e. The topological polar surface area (TPSA) is 62.7 Å². The van der Waals surface area contributed by atoms with Crippen molar-refractivity contribution in [3.8, 4) is 17.5 Å². The van der Waals surface area contributed by atoms with Gasteiger partial charge in [0.2, 0.25) is 11.7 Å². The van der Waals surface area contributed by atoms with E-state index in [0.29, 0.717) is 11.7 Å². The highest BCUT2D eigenvalue weighted by atomic mass is 79.9. The van der Waals surface area contributed by atoms with Gasteiger partial charge in [-0.25, -0.2) is 0 Å². The summed E-state index contributed by atoms with van der Waals surface area (Å²) in [4.78, 5) is 4.42. The van der Waals surface area contributed by atoms with E-state index in [9.17, 15) is 0 Å². The van der Waals surface area contributed by atoms with Crippen LogP contribution in [0.2, 0.25) is 0 Å². The van der Waals surface area contributed by atoms with Crippen LogP contribution in [0.5, 0.6) is 0 Å². The van der Waals surface area contributed by atoms with E-state index in [4.69, 9.17) is 9.78 Å². The molecule has 2 unspecified atom stereocenters. The van der Waals surface area contributed by atoms with Crippen LogP contribution in [0.25, 0.3) is 11.4 Å². The summed E-state index contributed by atoms with van der Waals surface area (Å²) in [5.41, 5.74) is 0.836. The van der Waals surface area contributed by atoms with Crippen molar-refractivity contribution in [2.75, 3.05) is 0 Å².